The quantitative estimate of drug-likeness (QED) is 0.741. The Morgan fingerprint density at radius 3 is 2.67 bits per heavy atom. The minimum absolute atomic E-state index is 0.431. The third-order valence-corrected chi connectivity index (χ3v) is 3.31. The van der Waals surface area contributed by atoms with Gasteiger partial charge in [0.2, 0.25) is 0 Å². The van der Waals surface area contributed by atoms with Crippen LogP contribution in [0.3, 0.4) is 0 Å². The fourth-order valence-corrected chi connectivity index (χ4v) is 2.20. The molecule has 18 heavy (non-hydrogen) atoms. The predicted octanol–water partition coefficient (Wildman–Crippen LogP) is 2.36. The molecule has 1 aromatic rings. The Morgan fingerprint density at radius 1 is 1.39 bits per heavy atom. The predicted molar refractivity (Wildman–Crippen MR) is 73.0 cm³/mol. The lowest BCUT2D eigenvalue weighted by molar-refractivity contribution is 0.0816. The smallest absolute Gasteiger partial charge is 0.0850 e. The number of hydrogen-bond donors (Lipinski definition) is 1. The van der Waals surface area contributed by atoms with Crippen LogP contribution in [0.25, 0.3) is 0 Å². The third-order valence-electron chi connectivity index (χ3n) is 2.88. The van der Waals surface area contributed by atoms with Crippen LogP contribution in [0.4, 0.5) is 0 Å². The standard InChI is InChI=1S/C13H23ClN2O2/c1-4-7-18-8-6-10(17)9-12-13(14)11(5-2)15-16(12)3/h10,17H,4-9H2,1-3H3. The molecule has 0 radical (unpaired) electrons. The van der Waals surface area contributed by atoms with Crippen molar-refractivity contribution in [1.82, 2.24) is 9.78 Å². The molecule has 0 aromatic carbocycles. The molecule has 1 aromatic heterocycles. The van der Waals surface area contributed by atoms with Crippen molar-refractivity contribution in [1.29, 1.82) is 0 Å². The van der Waals surface area contributed by atoms with E-state index in [4.69, 9.17) is 16.3 Å². The summed E-state index contributed by atoms with van der Waals surface area (Å²) in [5.41, 5.74) is 1.79. The molecular weight excluding hydrogens is 252 g/mol. The lowest BCUT2D eigenvalue weighted by Crippen LogP contribution is -2.16. The highest BCUT2D eigenvalue weighted by atomic mass is 35.5. The van der Waals surface area contributed by atoms with Crippen molar-refractivity contribution < 1.29 is 9.84 Å². The fourth-order valence-electron chi connectivity index (χ4n) is 1.83. The SMILES string of the molecule is CCCOCCC(O)Cc1c(Cl)c(CC)nn1C. The minimum atomic E-state index is -0.431. The second-order valence-electron chi connectivity index (χ2n) is 4.44. The molecule has 1 heterocycles. The zero-order valence-corrected chi connectivity index (χ0v) is 12.2. The Kier molecular flexibility index (Phi) is 6.68. The summed E-state index contributed by atoms with van der Waals surface area (Å²) in [6.07, 6.45) is 2.53. The van der Waals surface area contributed by atoms with Crippen molar-refractivity contribution in [3.05, 3.63) is 16.4 Å². The molecule has 0 saturated carbocycles. The molecule has 0 amide bonds. The molecular formula is C13H23ClN2O2. The molecule has 0 aliphatic rings. The molecule has 0 bridgehead atoms. The van der Waals surface area contributed by atoms with Crippen LogP contribution in [0.15, 0.2) is 0 Å². The van der Waals surface area contributed by atoms with Crippen molar-refractivity contribution in [2.24, 2.45) is 7.05 Å². The monoisotopic (exact) mass is 274 g/mol. The van der Waals surface area contributed by atoms with Gasteiger partial charge < -0.3 is 9.84 Å². The minimum Gasteiger partial charge on any atom is -0.393 e. The molecule has 0 fully saturated rings. The molecule has 0 saturated heterocycles. The number of halogens is 1. The number of ether oxygens (including phenoxy) is 1. The Morgan fingerprint density at radius 2 is 2.11 bits per heavy atom. The first-order valence-electron chi connectivity index (χ1n) is 6.56. The summed E-state index contributed by atoms with van der Waals surface area (Å²) in [6, 6.07) is 0. The average Bonchev–Trinajstić information content (AvgIpc) is 2.62. The van der Waals surface area contributed by atoms with Crippen LogP contribution in [0.2, 0.25) is 5.02 Å². The Hall–Kier alpha value is -0.580. The zero-order chi connectivity index (χ0) is 13.5. The van der Waals surface area contributed by atoms with Gasteiger partial charge in [-0.15, -0.1) is 0 Å². The number of aliphatic hydroxyl groups is 1. The highest BCUT2D eigenvalue weighted by Crippen LogP contribution is 2.22. The lowest BCUT2D eigenvalue weighted by Gasteiger charge is -2.11. The normalized spacial score (nSPS) is 12.9. The van der Waals surface area contributed by atoms with E-state index in [1.165, 1.54) is 0 Å². The van der Waals surface area contributed by atoms with Crippen molar-refractivity contribution >= 4 is 11.6 Å². The Labute approximate surface area is 114 Å². The maximum Gasteiger partial charge on any atom is 0.0850 e. The molecule has 0 aliphatic heterocycles. The second kappa shape index (κ2) is 7.77. The summed E-state index contributed by atoms with van der Waals surface area (Å²) in [5, 5.41) is 15.0. The van der Waals surface area contributed by atoms with E-state index in [1.807, 2.05) is 14.0 Å². The highest BCUT2D eigenvalue weighted by Gasteiger charge is 2.16. The number of aliphatic hydroxyl groups excluding tert-OH is 1. The van der Waals surface area contributed by atoms with Gasteiger partial charge >= 0.3 is 0 Å². The van der Waals surface area contributed by atoms with Gasteiger partial charge in [-0.2, -0.15) is 5.10 Å². The Bertz CT molecular complexity index is 366. The van der Waals surface area contributed by atoms with Crippen molar-refractivity contribution in [2.75, 3.05) is 13.2 Å². The molecule has 1 unspecified atom stereocenters. The van der Waals surface area contributed by atoms with Gasteiger partial charge in [0.05, 0.1) is 22.5 Å². The van der Waals surface area contributed by atoms with Gasteiger partial charge in [-0.1, -0.05) is 25.4 Å². The number of aryl methyl sites for hydroxylation is 2. The summed E-state index contributed by atoms with van der Waals surface area (Å²) in [5.74, 6) is 0. The van der Waals surface area contributed by atoms with Gasteiger partial charge in [0.15, 0.2) is 0 Å². The van der Waals surface area contributed by atoms with Crippen molar-refractivity contribution in [3.8, 4) is 0 Å². The zero-order valence-electron chi connectivity index (χ0n) is 11.4. The average molecular weight is 275 g/mol. The van der Waals surface area contributed by atoms with E-state index in [0.717, 1.165) is 30.8 Å². The molecule has 5 heteroatoms. The highest BCUT2D eigenvalue weighted by molar-refractivity contribution is 6.31. The molecule has 0 aliphatic carbocycles. The molecule has 0 spiro atoms. The summed E-state index contributed by atoms with van der Waals surface area (Å²) in [6.45, 7) is 5.43. The number of rotatable bonds is 8. The topological polar surface area (TPSA) is 47.3 Å². The third kappa shape index (κ3) is 4.26. The summed E-state index contributed by atoms with van der Waals surface area (Å²) in [4.78, 5) is 0. The van der Waals surface area contributed by atoms with E-state index in [9.17, 15) is 5.11 Å². The first-order chi connectivity index (χ1) is 8.60. The van der Waals surface area contributed by atoms with E-state index in [1.54, 1.807) is 4.68 Å². The van der Waals surface area contributed by atoms with Crippen LogP contribution in [0.5, 0.6) is 0 Å². The first-order valence-corrected chi connectivity index (χ1v) is 6.93. The van der Waals surface area contributed by atoms with Crippen molar-refractivity contribution in [3.63, 3.8) is 0 Å². The van der Waals surface area contributed by atoms with Crippen LogP contribution in [0.1, 0.15) is 38.1 Å². The summed E-state index contributed by atoms with van der Waals surface area (Å²) < 4.78 is 7.12. The molecule has 1 N–H and O–H groups in total. The largest absolute Gasteiger partial charge is 0.393 e. The van der Waals surface area contributed by atoms with Gasteiger partial charge in [-0.3, -0.25) is 4.68 Å². The lowest BCUT2D eigenvalue weighted by atomic mass is 10.1. The van der Waals surface area contributed by atoms with Crippen molar-refractivity contribution in [2.45, 2.75) is 45.6 Å². The molecule has 104 valence electrons. The summed E-state index contributed by atoms with van der Waals surface area (Å²) in [7, 11) is 1.86. The fraction of sp³-hybridized carbons (Fsp3) is 0.769. The summed E-state index contributed by atoms with van der Waals surface area (Å²) >= 11 is 6.23. The molecule has 1 rings (SSSR count). The van der Waals surface area contributed by atoms with E-state index >= 15 is 0 Å². The van der Waals surface area contributed by atoms with Gasteiger partial charge in [-0.05, 0) is 19.3 Å². The van der Waals surface area contributed by atoms with E-state index in [-0.39, 0.29) is 0 Å². The van der Waals surface area contributed by atoms with E-state index in [2.05, 4.69) is 12.0 Å². The van der Waals surface area contributed by atoms with E-state index in [0.29, 0.717) is 24.5 Å². The second-order valence-corrected chi connectivity index (χ2v) is 4.82. The van der Waals surface area contributed by atoms with Crippen LogP contribution in [0, 0.1) is 0 Å². The number of aromatic nitrogens is 2. The van der Waals surface area contributed by atoms with Crippen LogP contribution < -0.4 is 0 Å². The van der Waals surface area contributed by atoms with Gasteiger partial charge in [0, 0.05) is 26.7 Å². The van der Waals surface area contributed by atoms with E-state index < -0.39 is 6.10 Å². The number of nitrogens with zero attached hydrogens (tertiary/aromatic N) is 2. The van der Waals surface area contributed by atoms with Crippen LogP contribution in [-0.2, 0) is 24.6 Å². The van der Waals surface area contributed by atoms with Gasteiger partial charge in [0.1, 0.15) is 0 Å². The van der Waals surface area contributed by atoms with Crippen LogP contribution in [-0.4, -0.2) is 34.2 Å². The number of hydrogen-bond acceptors (Lipinski definition) is 3. The molecule has 1 atom stereocenters. The maximum atomic E-state index is 9.95. The molecule has 4 nitrogen and oxygen atoms in total. The van der Waals surface area contributed by atoms with Gasteiger partial charge in [-0.25, -0.2) is 0 Å². The Balaban J connectivity index is 2.48. The van der Waals surface area contributed by atoms with Crippen LogP contribution >= 0.6 is 11.6 Å². The van der Waals surface area contributed by atoms with Gasteiger partial charge in [0.25, 0.3) is 0 Å². The first kappa shape index (κ1) is 15.5. The maximum absolute atomic E-state index is 9.95.